The molecule has 0 saturated carbocycles. The van der Waals surface area contributed by atoms with E-state index in [1.165, 1.54) is 0 Å². The van der Waals surface area contributed by atoms with Crippen LogP contribution < -0.4 is 21.0 Å². The third kappa shape index (κ3) is 5.21. The summed E-state index contributed by atoms with van der Waals surface area (Å²) in [5, 5.41) is 19.8. The van der Waals surface area contributed by atoms with Crippen molar-refractivity contribution in [2.45, 2.75) is 53.1 Å². The van der Waals surface area contributed by atoms with Crippen molar-refractivity contribution in [2.24, 2.45) is 0 Å². The number of fused-ring (bicyclic) bond motifs is 1. The normalized spacial score (nSPS) is 19.0. The number of aryl methyl sites for hydroxylation is 1. The number of benzene rings is 1. The number of carbonyl (C=O) groups excluding carboxylic acids is 1. The Hall–Kier alpha value is -3.56. The minimum Gasteiger partial charge on any atom is -0.494 e. The Morgan fingerprint density at radius 1 is 1.21 bits per heavy atom. The van der Waals surface area contributed by atoms with Gasteiger partial charge in [0.25, 0.3) is 5.91 Å². The number of nitrogens with zero attached hydrogens (tertiary/aromatic N) is 4. The predicted molar refractivity (Wildman–Crippen MR) is 157 cm³/mol. The molecule has 3 aromatic rings. The van der Waals surface area contributed by atoms with Gasteiger partial charge in [-0.25, -0.2) is 9.99 Å². The number of likely N-dealkylation sites (N-methyl/N-ethyl adjacent to an activating group) is 1. The summed E-state index contributed by atoms with van der Waals surface area (Å²) in [5.74, 6) is 0.949. The molecule has 2 atom stereocenters. The van der Waals surface area contributed by atoms with Crippen LogP contribution in [-0.2, 0) is 0 Å². The Kier molecular flexibility index (Phi) is 7.81. The molecular weight excluding hydrogens is 490 g/mol. The van der Waals surface area contributed by atoms with Crippen LogP contribution >= 0.6 is 0 Å². The molecular formula is C30H41N7O2. The van der Waals surface area contributed by atoms with Crippen molar-refractivity contribution in [3.05, 3.63) is 59.2 Å². The second kappa shape index (κ2) is 11.3. The van der Waals surface area contributed by atoms with E-state index in [-0.39, 0.29) is 24.4 Å². The zero-order valence-electron chi connectivity index (χ0n) is 23.7. The lowest BCUT2D eigenvalue weighted by atomic mass is 9.98. The lowest BCUT2D eigenvalue weighted by Crippen LogP contribution is -2.43. The van der Waals surface area contributed by atoms with Gasteiger partial charge in [-0.3, -0.25) is 10.2 Å². The van der Waals surface area contributed by atoms with Gasteiger partial charge < -0.3 is 25.2 Å². The maximum absolute atomic E-state index is 13.7. The van der Waals surface area contributed by atoms with E-state index in [1.54, 1.807) is 0 Å². The Bertz CT molecular complexity index is 1370. The molecule has 4 heterocycles. The fraction of sp³-hybridized carbons (Fsp3) is 0.467. The highest BCUT2D eigenvalue weighted by Crippen LogP contribution is 2.34. The molecule has 4 N–H and O–H groups in total. The Balaban J connectivity index is 1.50. The number of anilines is 1. The molecule has 2 aromatic heterocycles. The number of hydrazine groups is 1. The second-order valence-electron chi connectivity index (χ2n) is 10.7. The van der Waals surface area contributed by atoms with Crippen molar-refractivity contribution in [1.82, 2.24) is 30.6 Å². The lowest BCUT2D eigenvalue weighted by molar-refractivity contribution is 0.0957. The van der Waals surface area contributed by atoms with Crippen LogP contribution in [0.4, 0.5) is 5.82 Å². The average Bonchev–Trinajstić information content (AvgIpc) is 3.45. The molecule has 9 nitrogen and oxygen atoms in total. The maximum atomic E-state index is 13.7. The molecule has 0 bridgehead atoms. The van der Waals surface area contributed by atoms with Crippen molar-refractivity contribution in [3.63, 3.8) is 0 Å². The Labute approximate surface area is 230 Å². The first kappa shape index (κ1) is 27.0. The van der Waals surface area contributed by atoms with Crippen LogP contribution in [0.2, 0.25) is 0 Å². The number of rotatable bonds is 8. The van der Waals surface area contributed by atoms with E-state index < -0.39 is 0 Å². The van der Waals surface area contributed by atoms with Gasteiger partial charge in [0.1, 0.15) is 5.82 Å². The smallest absolute Gasteiger partial charge is 0.252 e. The fourth-order valence-corrected chi connectivity index (χ4v) is 5.68. The van der Waals surface area contributed by atoms with Gasteiger partial charge in [-0.05, 0) is 62.6 Å². The van der Waals surface area contributed by atoms with E-state index in [9.17, 15) is 9.90 Å². The van der Waals surface area contributed by atoms with E-state index >= 15 is 0 Å². The number of hydrogen-bond donors (Lipinski definition) is 4. The largest absolute Gasteiger partial charge is 0.494 e. The number of hydrogen-bond acceptors (Lipinski definition) is 7. The topological polar surface area (TPSA) is 97.7 Å². The molecule has 0 spiro atoms. The summed E-state index contributed by atoms with van der Waals surface area (Å²) in [4.78, 5) is 20.8. The van der Waals surface area contributed by atoms with E-state index in [0.29, 0.717) is 11.6 Å². The summed E-state index contributed by atoms with van der Waals surface area (Å²) in [6.45, 7) is 15.3. The number of aliphatic hydroxyl groups is 1. The van der Waals surface area contributed by atoms with E-state index in [1.807, 2.05) is 31.1 Å². The van der Waals surface area contributed by atoms with Gasteiger partial charge in [-0.15, -0.1) is 0 Å². The number of carbonyl (C=O) groups is 1. The zero-order chi connectivity index (χ0) is 27.7. The van der Waals surface area contributed by atoms with Crippen LogP contribution in [0.1, 0.15) is 56.1 Å². The van der Waals surface area contributed by atoms with Crippen LogP contribution in [0.3, 0.4) is 0 Å². The van der Waals surface area contributed by atoms with Gasteiger partial charge in [-0.2, -0.15) is 0 Å². The summed E-state index contributed by atoms with van der Waals surface area (Å²) < 4.78 is 2.28. The van der Waals surface area contributed by atoms with E-state index in [0.717, 1.165) is 78.1 Å². The molecule has 2 aliphatic rings. The molecule has 208 valence electrons. The Morgan fingerprint density at radius 2 is 1.97 bits per heavy atom. The highest BCUT2D eigenvalue weighted by molar-refractivity contribution is 6.09. The average molecular weight is 532 g/mol. The Morgan fingerprint density at radius 3 is 2.62 bits per heavy atom. The summed E-state index contributed by atoms with van der Waals surface area (Å²) in [6, 6.07) is 8.64. The summed E-state index contributed by atoms with van der Waals surface area (Å²) in [5.41, 5.74) is 8.46. The molecule has 9 heteroatoms. The minimum atomic E-state index is -0.153. The molecule has 0 radical (unpaired) electrons. The van der Waals surface area contributed by atoms with E-state index in [4.69, 9.17) is 4.98 Å². The van der Waals surface area contributed by atoms with Crippen molar-refractivity contribution >= 4 is 22.6 Å². The minimum absolute atomic E-state index is 0.00449. The highest BCUT2D eigenvalue weighted by atomic mass is 16.3. The van der Waals surface area contributed by atoms with Crippen LogP contribution in [-0.4, -0.2) is 70.9 Å². The zero-order valence-corrected chi connectivity index (χ0v) is 23.7. The van der Waals surface area contributed by atoms with Crippen molar-refractivity contribution in [1.29, 1.82) is 0 Å². The molecule has 2 unspecified atom stereocenters. The molecule has 39 heavy (non-hydrogen) atoms. The summed E-state index contributed by atoms with van der Waals surface area (Å²) in [7, 11) is 0. The van der Waals surface area contributed by atoms with Gasteiger partial charge in [-0.1, -0.05) is 13.8 Å². The summed E-state index contributed by atoms with van der Waals surface area (Å²) >= 11 is 0. The monoisotopic (exact) mass is 531 g/mol. The van der Waals surface area contributed by atoms with Crippen LogP contribution in [0.5, 0.6) is 0 Å². The first-order valence-electron chi connectivity index (χ1n) is 14.1. The standard InChI is InChI=1S/C30H41N7O2/c1-6-20(4)36-18-19(3)28-24(29(38)33-17-25-21(5)37(7-2)34-30(25)39)14-23(15-26(28)36)22-8-9-27(32-16-22)35-12-10-31-11-13-35/h8-9,14-16,18,20-21,31,34,39H,6-7,10-13,17H2,1-5H3,(H,33,38). The van der Waals surface area contributed by atoms with Crippen molar-refractivity contribution < 1.29 is 9.90 Å². The van der Waals surface area contributed by atoms with Gasteiger partial charge in [0.2, 0.25) is 5.88 Å². The van der Waals surface area contributed by atoms with Gasteiger partial charge in [0.05, 0.1) is 6.04 Å². The number of piperazine rings is 1. The maximum Gasteiger partial charge on any atom is 0.252 e. The third-order valence-corrected chi connectivity index (χ3v) is 8.26. The highest BCUT2D eigenvalue weighted by Gasteiger charge is 2.29. The third-order valence-electron chi connectivity index (χ3n) is 8.26. The lowest BCUT2D eigenvalue weighted by Gasteiger charge is -2.28. The number of pyridine rings is 1. The van der Waals surface area contributed by atoms with Crippen molar-refractivity contribution in [2.75, 3.05) is 44.2 Å². The fourth-order valence-electron chi connectivity index (χ4n) is 5.68. The number of aliphatic hydroxyl groups excluding tert-OH is 1. The molecule has 5 rings (SSSR count). The quantitative estimate of drug-likeness (QED) is 0.347. The summed E-state index contributed by atoms with van der Waals surface area (Å²) in [6.07, 6.45) is 5.06. The van der Waals surface area contributed by atoms with Gasteiger partial charge in [0, 0.05) is 85.3 Å². The van der Waals surface area contributed by atoms with Crippen LogP contribution in [0, 0.1) is 6.92 Å². The molecule has 0 aliphatic carbocycles. The van der Waals surface area contributed by atoms with Crippen molar-refractivity contribution in [3.8, 4) is 11.1 Å². The van der Waals surface area contributed by atoms with E-state index in [2.05, 4.69) is 70.7 Å². The number of nitrogens with one attached hydrogen (secondary N) is 3. The molecule has 1 aromatic carbocycles. The molecule has 2 aliphatic heterocycles. The predicted octanol–water partition coefficient (Wildman–Crippen LogP) is 4.12. The number of aromatic nitrogens is 2. The van der Waals surface area contributed by atoms with Crippen LogP contribution in [0.25, 0.3) is 22.0 Å². The SMILES string of the molecule is CCC(C)n1cc(C)c2c(C(=O)NCC3=C(O)NN(CC)C3C)cc(-c3ccc(N4CCNCC4)nc3)cc21. The number of amides is 1. The first-order chi connectivity index (χ1) is 18.8. The van der Waals surface area contributed by atoms with Gasteiger partial charge in [0.15, 0.2) is 0 Å². The van der Waals surface area contributed by atoms with Gasteiger partial charge >= 0.3 is 0 Å². The first-order valence-corrected chi connectivity index (χ1v) is 14.1. The van der Waals surface area contributed by atoms with Crippen LogP contribution in [0.15, 0.2) is 48.1 Å². The second-order valence-corrected chi connectivity index (χ2v) is 10.7. The molecule has 1 amide bonds. The molecule has 1 fully saturated rings. The molecule has 1 saturated heterocycles.